The topological polar surface area (TPSA) is 162 Å². The standard InChI is InChI=1S/C40H50N2O10/c1-26(30(37(47)51-39(2,3)4)24-29-21-22-32(50-29)35(45)41-28-19-13-10-14-20-28)42(23-15-18-27-16-11-9-12-17-27)36(46)34(44)31(25-33(43)49-8)38(48)52-40(5,6)7/h9-22,26,30-31,34,44H,23-25H2,1-8H3,(H,41,45). The fourth-order valence-corrected chi connectivity index (χ4v) is 5.22. The van der Waals surface area contributed by atoms with E-state index in [0.29, 0.717) is 5.69 Å². The molecule has 0 aliphatic heterocycles. The van der Waals surface area contributed by atoms with E-state index in [1.165, 1.54) is 11.0 Å². The summed E-state index contributed by atoms with van der Waals surface area (Å²) in [5, 5.41) is 14.3. The van der Waals surface area contributed by atoms with E-state index >= 15 is 0 Å². The highest BCUT2D eigenvalue weighted by atomic mass is 16.6. The van der Waals surface area contributed by atoms with Gasteiger partial charge in [0, 0.05) is 24.7 Å². The van der Waals surface area contributed by atoms with Crippen molar-refractivity contribution in [1.82, 2.24) is 4.90 Å². The van der Waals surface area contributed by atoms with Crippen LogP contribution < -0.4 is 5.32 Å². The van der Waals surface area contributed by atoms with Crippen LogP contribution in [0.2, 0.25) is 0 Å². The Hall–Kier alpha value is -5.23. The number of amides is 2. The number of methoxy groups -OCH3 is 1. The van der Waals surface area contributed by atoms with Crippen molar-refractivity contribution in [2.75, 3.05) is 19.0 Å². The van der Waals surface area contributed by atoms with Gasteiger partial charge < -0.3 is 34.0 Å². The van der Waals surface area contributed by atoms with Gasteiger partial charge in [0.05, 0.1) is 19.4 Å². The van der Waals surface area contributed by atoms with Crippen LogP contribution in [0.15, 0.2) is 83.3 Å². The average Bonchev–Trinajstić information content (AvgIpc) is 3.55. The van der Waals surface area contributed by atoms with Crippen LogP contribution in [0, 0.1) is 11.8 Å². The third-order valence-corrected chi connectivity index (χ3v) is 7.77. The molecule has 0 bridgehead atoms. The Morgan fingerprint density at radius 3 is 1.94 bits per heavy atom. The number of aliphatic hydroxyl groups excluding tert-OH is 1. The highest BCUT2D eigenvalue weighted by molar-refractivity contribution is 6.02. The van der Waals surface area contributed by atoms with E-state index in [4.69, 9.17) is 18.6 Å². The van der Waals surface area contributed by atoms with Crippen LogP contribution in [0.3, 0.4) is 0 Å². The Labute approximate surface area is 305 Å². The molecule has 1 heterocycles. The van der Waals surface area contributed by atoms with E-state index in [1.54, 1.807) is 91.0 Å². The minimum Gasteiger partial charge on any atom is -0.469 e. The highest BCUT2D eigenvalue weighted by Gasteiger charge is 2.43. The predicted octanol–water partition coefficient (Wildman–Crippen LogP) is 5.84. The highest BCUT2D eigenvalue weighted by Crippen LogP contribution is 2.26. The number of nitrogens with one attached hydrogen (secondary N) is 1. The van der Waals surface area contributed by atoms with Gasteiger partial charge in [0.1, 0.15) is 29.0 Å². The number of furan rings is 1. The molecule has 2 aromatic carbocycles. The maximum atomic E-state index is 14.3. The van der Waals surface area contributed by atoms with Gasteiger partial charge in [-0.2, -0.15) is 0 Å². The predicted molar refractivity (Wildman–Crippen MR) is 195 cm³/mol. The van der Waals surface area contributed by atoms with E-state index in [1.807, 2.05) is 36.4 Å². The zero-order chi connectivity index (χ0) is 38.6. The van der Waals surface area contributed by atoms with Crippen molar-refractivity contribution in [3.63, 3.8) is 0 Å². The van der Waals surface area contributed by atoms with Gasteiger partial charge in [-0.15, -0.1) is 0 Å². The Kier molecular flexibility index (Phi) is 14.5. The van der Waals surface area contributed by atoms with Crippen LogP contribution in [0.5, 0.6) is 0 Å². The summed E-state index contributed by atoms with van der Waals surface area (Å²) in [6.45, 7) is 11.5. The molecule has 0 radical (unpaired) electrons. The number of rotatable bonds is 15. The van der Waals surface area contributed by atoms with Crippen molar-refractivity contribution >= 4 is 41.5 Å². The van der Waals surface area contributed by atoms with Crippen molar-refractivity contribution in [1.29, 1.82) is 0 Å². The Morgan fingerprint density at radius 1 is 0.827 bits per heavy atom. The van der Waals surface area contributed by atoms with Gasteiger partial charge >= 0.3 is 17.9 Å². The summed E-state index contributed by atoms with van der Waals surface area (Å²) in [4.78, 5) is 68.0. The first-order chi connectivity index (χ1) is 24.4. The lowest BCUT2D eigenvalue weighted by Crippen LogP contribution is -2.53. The fourth-order valence-electron chi connectivity index (χ4n) is 5.22. The van der Waals surface area contributed by atoms with Crippen LogP contribution in [-0.2, 0) is 39.8 Å². The summed E-state index contributed by atoms with van der Waals surface area (Å²) >= 11 is 0. The third kappa shape index (κ3) is 12.8. The van der Waals surface area contributed by atoms with Crippen molar-refractivity contribution < 1.29 is 47.7 Å². The zero-order valence-electron chi connectivity index (χ0n) is 31.1. The van der Waals surface area contributed by atoms with E-state index in [0.717, 1.165) is 12.7 Å². The minimum atomic E-state index is -2.04. The van der Waals surface area contributed by atoms with Gasteiger partial charge in [0.2, 0.25) is 0 Å². The minimum absolute atomic E-state index is 0.00612. The summed E-state index contributed by atoms with van der Waals surface area (Å²) < 4.78 is 21.9. The number of nitrogens with zero attached hydrogens (tertiary/aromatic N) is 1. The molecular weight excluding hydrogens is 668 g/mol. The largest absolute Gasteiger partial charge is 0.469 e. The van der Waals surface area contributed by atoms with Crippen molar-refractivity contribution in [3.8, 4) is 0 Å². The van der Waals surface area contributed by atoms with Gasteiger partial charge in [-0.05, 0) is 78.3 Å². The van der Waals surface area contributed by atoms with E-state index in [-0.39, 0.29) is 24.5 Å². The lowest BCUT2D eigenvalue weighted by Gasteiger charge is -2.36. The summed E-state index contributed by atoms with van der Waals surface area (Å²) in [6.07, 6.45) is 0.693. The molecule has 0 aliphatic rings. The molecule has 3 rings (SSSR count). The molecule has 52 heavy (non-hydrogen) atoms. The van der Waals surface area contributed by atoms with Crippen LogP contribution in [0.25, 0.3) is 6.08 Å². The smallest absolute Gasteiger partial charge is 0.313 e. The number of hydrogen-bond donors (Lipinski definition) is 2. The molecule has 0 spiro atoms. The number of benzene rings is 2. The molecule has 280 valence electrons. The van der Waals surface area contributed by atoms with Crippen molar-refractivity contribution in [3.05, 3.63) is 96.0 Å². The van der Waals surface area contributed by atoms with Gasteiger partial charge in [0.25, 0.3) is 11.8 Å². The normalized spacial score (nSPS) is 14.1. The number of esters is 3. The first-order valence-electron chi connectivity index (χ1n) is 17.1. The number of carbonyl (C=O) groups excluding carboxylic acids is 5. The van der Waals surface area contributed by atoms with Gasteiger partial charge in [-0.1, -0.05) is 60.7 Å². The molecule has 4 unspecified atom stereocenters. The molecule has 4 atom stereocenters. The molecule has 0 saturated heterocycles. The molecule has 0 fully saturated rings. The molecule has 0 saturated carbocycles. The number of carbonyl (C=O) groups is 5. The summed E-state index contributed by atoms with van der Waals surface area (Å²) in [6, 6.07) is 20.2. The van der Waals surface area contributed by atoms with Crippen LogP contribution in [-0.4, -0.2) is 76.7 Å². The quantitative estimate of drug-likeness (QED) is 0.144. The van der Waals surface area contributed by atoms with Crippen LogP contribution >= 0.6 is 0 Å². The fraction of sp³-hybridized carbons (Fsp3) is 0.425. The van der Waals surface area contributed by atoms with Crippen LogP contribution in [0.4, 0.5) is 5.69 Å². The van der Waals surface area contributed by atoms with E-state index in [9.17, 15) is 29.1 Å². The Bertz CT molecular complexity index is 1690. The van der Waals surface area contributed by atoms with Gasteiger partial charge in [-0.3, -0.25) is 24.0 Å². The zero-order valence-corrected chi connectivity index (χ0v) is 31.1. The number of aliphatic hydroxyl groups is 1. The van der Waals surface area contributed by atoms with E-state index in [2.05, 4.69) is 5.32 Å². The molecule has 0 aliphatic carbocycles. The molecule has 2 N–H and O–H groups in total. The van der Waals surface area contributed by atoms with Gasteiger partial charge in [-0.25, -0.2) is 0 Å². The number of hydrogen-bond acceptors (Lipinski definition) is 10. The SMILES string of the molecule is COC(=O)CC(C(=O)OC(C)(C)C)C(O)C(=O)N(CC=Cc1ccccc1)C(C)C(Cc1ccc(C(=O)Nc2ccccc2)o1)C(=O)OC(C)(C)C. The van der Waals surface area contributed by atoms with Crippen molar-refractivity contribution in [2.45, 2.75) is 84.7 Å². The molecular formula is C40H50N2O10. The second kappa shape index (κ2) is 18.3. The number of anilines is 1. The summed E-state index contributed by atoms with van der Waals surface area (Å²) in [5.41, 5.74) is -0.482. The molecule has 12 heteroatoms. The maximum absolute atomic E-state index is 14.3. The molecule has 3 aromatic rings. The second-order valence-electron chi connectivity index (χ2n) is 14.3. The first-order valence-corrected chi connectivity index (χ1v) is 17.1. The monoisotopic (exact) mass is 718 g/mol. The third-order valence-electron chi connectivity index (χ3n) is 7.77. The Morgan fingerprint density at radius 2 is 1.38 bits per heavy atom. The van der Waals surface area contributed by atoms with Crippen LogP contribution in [0.1, 0.15) is 76.8 Å². The number of para-hydroxylation sites is 1. The number of ether oxygens (including phenoxy) is 3. The lowest BCUT2D eigenvalue weighted by atomic mass is 9.92. The van der Waals surface area contributed by atoms with Crippen molar-refractivity contribution in [2.24, 2.45) is 11.8 Å². The summed E-state index contributed by atoms with van der Waals surface area (Å²) in [7, 11) is 1.13. The molecule has 12 nitrogen and oxygen atoms in total. The maximum Gasteiger partial charge on any atom is 0.313 e. The second-order valence-corrected chi connectivity index (χ2v) is 14.3. The molecule has 1 aromatic heterocycles. The Balaban J connectivity index is 2.02. The lowest BCUT2D eigenvalue weighted by molar-refractivity contribution is -0.173. The average molecular weight is 719 g/mol. The first kappa shape index (κ1) is 41.2. The summed E-state index contributed by atoms with van der Waals surface area (Å²) in [5.74, 6) is -6.29. The molecule has 2 amide bonds. The van der Waals surface area contributed by atoms with E-state index < -0.39 is 71.3 Å². The van der Waals surface area contributed by atoms with Gasteiger partial charge in [0.15, 0.2) is 5.76 Å².